The van der Waals surface area contributed by atoms with E-state index >= 15 is 0 Å². The fourth-order valence-corrected chi connectivity index (χ4v) is 14.5. The molecule has 0 atom stereocenters. The van der Waals surface area contributed by atoms with Crippen LogP contribution < -0.4 is 4.65 Å². The maximum Gasteiger partial charge on any atom is 0.569 e. The monoisotopic (exact) mass is 1350 g/mol. The Morgan fingerprint density at radius 3 is 0.716 bits per heavy atom. The molecular formula is C84H48BBr2O8. The van der Waals surface area contributed by atoms with Crippen molar-refractivity contribution in [2.75, 3.05) is 0 Å². The fraction of sp³-hybridized carbons (Fsp3) is 0. The van der Waals surface area contributed by atoms with Crippen LogP contribution in [0.2, 0.25) is 0 Å². The van der Waals surface area contributed by atoms with Gasteiger partial charge in [0.15, 0.2) is 0 Å². The molecule has 449 valence electrons. The maximum atomic E-state index is 8.91. The minimum absolute atomic E-state index is 0.555. The first kappa shape index (κ1) is 56.4. The van der Waals surface area contributed by atoms with Crippen molar-refractivity contribution in [1.82, 2.24) is 0 Å². The highest BCUT2D eigenvalue weighted by molar-refractivity contribution is 9.11. The molecule has 0 aliphatic carbocycles. The third kappa shape index (κ3) is 10.2. The second-order valence-electron chi connectivity index (χ2n) is 23.7. The number of benzene rings is 14. The zero-order chi connectivity index (χ0) is 63.3. The number of furan rings is 6. The number of hydrogen-bond acceptors (Lipinski definition) is 8. The summed E-state index contributed by atoms with van der Waals surface area (Å²) in [5, 5.41) is 21.9. The number of halogens is 2. The van der Waals surface area contributed by atoms with E-state index in [4.69, 9.17) is 36.2 Å². The highest BCUT2D eigenvalue weighted by Gasteiger charge is 2.18. The van der Waals surface area contributed by atoms with Crippen molar-refractivity contribution in [1.29, 1.82) is 0 Å². The van der Waals surface area contributed by atoms with Gasteiger partial charge in [-0.25, -0.2) is 0 Å². The Labute approximate surface area is 558 Å². The molecule has 1 N–H and O–H groups in total. The van der Waals surface area contributed by atoms with Crippen LogP contribution in [0.4, 0.5) is 0 Å². The highest BCUT2D eigenvalue weighted by atomic mass is 79.9. The second kappa shape index (κ2) is 23.0. The largest absolute Gasteiger partial charge is 0.569 e. The summed E-state index contributed by atoms with van der Waals surface area (Å²) in [4.78, 5) is 0. The molecule has 11 heteroatoms. The molecular weight excluding hydrogens is 1310 g/mol. The molecule has 0 unspecified atom stereocenters. The molecule has 0 saturated carbocycles. The molecule has 14 aromatic carbocycles. The molecule has 0 fully saturated rings. The summed E-state index contributed by atoms with van der Waals surface area (Å²) in [6, 6.07) is 98.0. The SMILES string of the molecule is Brc1cccc(Br)c1.O[B]Oc1ccc2oc3ccc(-c4ccc5oc6ccccc6c5c4)cc3c2c1.c1cc(-c2ccc3oc4ccc(-c5ccc6oc7ccccc7c6c5)cc4c3c2)cc(-c2ccc3oc4ccc(-c5ccc6oc7ccccc7c6c5)cc4c3c2)c1. The van der Waals surface area contributed by atoms with Crippen LogP contribution in [-0.2, 0) is 0 Å². The van der Waals surface area contributed by atoms with Gasteiger partial charge in [-0.1, -0.05) is 159 Å². The molecule has 0 aliphatic heterocycles. The molecule has 0 amide bonds. The van der Waals surface area contributed by atoms with Crippen LogP contribution in [0.3, 0.4) is 0 Å². The standard InChI is InChI=1S/C54H30O4.C24H14BO4.C6H4Br2/c1-3-10-47-39(8-1)41-25-35(14-18-49(41)55-47)37-16-22-53-45(29-37)43-27-33(12-20-51(43)57-53)31-6-5-7-32(24-31)34-13-21-52-44(28-34)46-30-38(17-23-54(46)58-52)36-15-19-50-42(26-36)40-9-2-4-11-48(40)56-50;26-25-29-16-7-10-24-20(13-16)19-12-15(6-9-23(19)28-24)14-5-8-22-18(11-14)17-3-1-2-4-21(17)27-22;7-5-2-1-3-6(8)4-5/h1-30H;1-13,26H;1-4H. The van der Waals surface area contributed by atoms with E-state index in [0.29, 0.717) is 13.4 Å². The van der Waals surface area contributed by atoms with Crippen molar-refractivity contribution in [3.05, 3.63) is 294 Å². The summed E-state index contributed by atoms with van der Waals surface area (Å²) in [6.07, 6.45) is 0. The lowest BCUT2D eigenvalue weighted by molar-refractivity contribution is 0.454. The Kier molecular flexibility index (Phi) is 13.7. The van der Waals surface area contributed by atoms with Crippen molar-refractivity contribution in [3.8, 4) is 61.4 Å². The van der Waals surface area contributed by atoms with E-state index < -0.39 is 0 Å². The van der Waals surface area contributed by atoms with E-state index in [2.05, 4.69) is 220 Å². The van der Waals surface area contributed by atoms with E-state index in [9.17, 15) is 0 Å². The number of fused-ring (bicyclic) bond motifs is 18. The predicted molar refractivity (Wildman–Crippen MR) is 394 cm³/mol. The average molecular weight is 1360 g/mol. The molecule has 20 aromatic rings. The fourth-order valence-electron chi connectivity index (χ4n) is 13.4. The van der Waals surface area contributed by atoms with Crippen LogP contribution in [0.25, 0.3) is 187 Å². The van der Waals surface area contributed by atoms with Crippen LogP contribution in [0.1, 0.15) is 0 Å². The Morgan fingerprint density at radius 2 is 0.442 bits per heavy atom. The molecule has 0 saturated heterocycles. The average Bonchev–Trinajstić information content (AvgIpc) is 1.67. The number of para-hydroxylation sites is 3. The van der Waals surface area contributed by atoms with Gasteiger partial charge in [0.25, 0.3) is 0 Å². The van der Waals surface area contributed by atoms with E-state index in [1.807, 2.05) is 91.0 Å². The van der Waals surface area contributed by atoms with E-state index in [0.717, 1.165) is 196 Å². The van der Waals surface area contributed by atoms with Crippen LogP contribution in [0.5, 0.6) is 5.75 Å². The molecule has 20 rings (SSSR count). The lowest BCUT2D eigenvalue weighted by Gasteiger charge is -2.07. The van der Waals surface area contributed by atoms with Gasteiger partial charge in [-0.3, -0.25) is 0 Å². The first-order chi connectivity index (χ1) is 46.7. The van der Waals surface area contributed by atoms with Crippen molar-refractivity contribution in [3.63, 3.8) is 0 Å². The molecule has 0 aliphatic rings. The molecule has 1 radical (unpaired) electrons. The normalized spacial score (nSPS) is 11.7. The number of rotatable bonds is 7. The van der Waals surface area contributed by atoms with Gasteiger partial charge in [-0.15, -0.1) is 0 Å². The highest BCUT2D eigenvalue weighted by Crippen LogP contribution is 2.42. The topological polar surface area (TPSA) is 108 Å². The first-order valence-electron chi connectivity index (χ1n) is 31.0. The van der Waals surface area contributed by atoms with Crippen molar-refractivity contribution in [2.24, 2.45) is 0 Å². The zero-order valence-electron chi connectivity index (χ0n) is 50.3. The van der Waals surface area contributed by atoms with Gasteiger partial charge in [0.2, 0.25) is 0 Å². The van der Waals surface area contributed by atoms with Crippen molar-refractivity contribution < 1.29 is 36.2 Å². The van der Waals surface area contributed by atoms with Crippen LogP contribution in [0.15, 0.2) is 321 Å². The van der Waals surface area contributed by atoms with E-state index in [-0.39, 0.29) is 0 Å². The van der Waals surface area contributed by atoms with Crippen LogP contribution in [-0.4, -0.2) is 12.7 Å². The predicted octanol–water partition coefficient (Wildman–Crippen LogP) is 25.2. The molecule has 8 nitrogen and oxygen atoms in total. The maximum absolute atomic E-state index is 8.91. The second-order valence-corrected chi connectivity index (χ2v) is 25.5. The summed E-state index contributed by atoms with van der Waals surface area (Å²) in [5.74, 6) is 0.555. The Balaban J connectivity index is 0.000000147. The Hall–Kier alpha value is -11.3. The summed E-state index contributed by atoms with van der Waals surface area (Å²) in [6.45, 7) is 0. The van der Waals surface area contributed by atoms with Crippen LogP contribution >= 0.6 is 31.9 Å². The molecule has 95 heavy (non-hydrogen) atoms. The van der Waals surface area contributed by atoms with Gasteiger partial charge in [-0.2, -0.15) is 0 Å². The Morgan fingerprint density at radius 1 is 0.211 bits per heavy atom. The van der Waals surface area contributed by atoms with Gasteiger partial charge >= 0.3 is 7.69 Å². The number of hydrogen-bond donors (Lipinski definition) is 1. The molecule has 6 heterocycles. The molecule has 0 bridgehead atoms. The smallest absolute Gasteiger partial charge is 0.537 e. The summed E-state index contributed by atoms with van der Waals surface area (Å²) in [5.41, 5.74) is 21.8. The quantitative estimate of drug-likeness (QED) is 0.157. The van der Waals surface area contributed by atoms with Crippen molar-refractivity contribution in [2.45, 2.75) is 0 Å². The van der Waals surface area contributed by atoms with Gasteiger partial charge in [0.05, 0.1) is 0 Å². The van der Waals surface area contributed by atoms with Gasteiger partial charge in [0, 0.05) is 73.6 Å². The lowest BCUT2D eigenvalue weighted by Crippen LogP contribution is -1.98. The zero-order valence-corrected chi connectivity index (χ0v) is 53.4. The summed E-state index contributed by atoms with van der Waals surface area (Å²) in [7, 11) is 0.680. The van der Waals surface area contributed by atoms with E-state index in [1.165, 1.54) is 0 Å². The summed E-state index contributed by atoms with van der Waals surface area (Å²) < 4.78 is 44.1. The van der Waals surface area contributed by atoms with Gasteiger partial charge < -0.3 is 36.2 Å². The lowest BCUT2D eigenvalue weighted by atomic mass is 9.96. The minimum Gasteiger partial charge on any atom is -0.537 e. The van der Waals surface area contributed by atoms with Crippen molar-refractivity contribution >= 4 is 171 Å². The summed E-state index contributed by atoms with van der Waals surface area (Å²) >= 11 is 6.66. The molecule has 0 spiro atoms. The first-order valence-corrected chi connectivity index (χ1v) is 32.6. The minimum atomic E-state index is 0.555. The van der Waals surface area contributed by atoms with Crippen LogP contribution in [0, 0.1) is 0 Å². The third-order valence-electron chi connectivity index (χ3n) is 18.0. The molecule has 6 aromatic heterocycles. The van der Waals surface area contributed by atoms with Gasteiger partial charge in [-0.05, 0) is 213 Å². The Bertz CT molecular complexity index is 6170. The van der Waals surface area contributed by atoms with E-state index in [1.54, 1.807) is 6.07 Å². The van der Waals surface area contributed by atoms with Gasteiger partial charge in [0.1, 0.15) is 72.7 Å². The third-order valence-corrected chi connectivity index (χ3v) is 19.0.